The number of pyridine rings is 1. The van der Waals surface area contributed by atoms with E-state index in [0.29, 0.717) is 17.9 Å². The van der Waals surface area contributed by atoms with E-state index in [4.69, 9.17) is 4.42 Å². The molecule has 0 saturated carbocycles. The molecular formula is C16H14N2O2. The van der Waals surface area contributed by atoms with E-state index in [9.17, 15) is 4.79 Å². The Labute approximate surface area is 117 Å². The molecule has 0 spiro atoms. The second-order valence-electron chi connectivity index (χ2n) is 5.75. The van der Waals surface area contributed by atoms with Crippen LogP contribution in [0.1, 0.15) is 47.8 Å². The van der Waals surface area contributed by atoms with Gasteiger partial charge in [0, 0.05) is 12.0 Å². The third kappa shape index (κ3) is 2.48. The van der Waals surface area contributed by atoms with Gasteiger partial charge in [-0.1, -0.05) is 13.8 Å². The first-order valence-corrected chi connectivity index (χ1v) is 6.47. The summed E-state index contributed by atoms with van der Waals surface area (Å²) in [6.07, 6.45) is 4.26. The topological polar surface area (TPSA) is 56.0 Å². The predicted octanol–water partition coefficient (Wildman–Crippen LogP) is 2.62. The number of hydrogen-bond acceptors (Lipinski definition) is 4. The Balaban J connectivity index is 1.95. The van der Waals surface area contributed by atoms with Gasteiger partial charge < -0.3 is 4.42 Å². The number of carbonyl (C=O) groups excluding carboxylic acids is 1. The lowest BCUT2D eigenvalue weighted by Crippen LogP contribution is -2.28. The van der Waals surface area contributed by atoms with Crippen molar-refractivity contribution in [3.8, 4) is 11.8 Å². The predicted molar refractivity (Wildman–Crippen MR) is 73.2 cm³/mol. The van der Waals surface area contributed by atoms with Crippen LogP contribution in [0.4, 0.5) is 0 Å². The highest BCUT2D eigenvalue weighted by molar-refractivity contribution is 5.98. The second kappa shape index (κ2) is 4.61. The molecule has 0 unspecified atom stereocenters. The van der Waals surface area contributed by atoms with Gasteiger partial charge in [-0.15, -0.1) is 0 Å². The van der Waals surface area contributed by atoms with Crippen molar-refractivity contribution >= 4 is 5.78 Å². The van der Waals surface area contributed by atoms with Crippen molar-refractivity contribution in [1.82, 2.24) is 9.97 Å². The molecule has 2 aromatic rings. The molecule has 100 valence electrons. The molecule has 2 aromatic heterocycles. The smallest absolute Gasteiger partial charge is 0.197 e. The molecule has 0 atom stereocenters. The minimum absolute atomic E-state index is 0.0337. The maximum Gasteiger partial charge on any atom is 0.197 e. The van der Waals surface area contributed by atoms with Gasteiger partial charge in [-0.3, -0.25) is 4.79 Å². The lowest BCUT2D eigenvalue weighted by atomic mass is 9.75. The molecule has 2 heterocycles. The Morgan fingerprint density at radius 2 is 2.10 bits per heavy atom. The van der Waals surface area contributed by atoms with E-state index in [1.165, 1.54) is 6.39 Å². The average Bonchev–Trinajstić information content (AvgIpc) is 2.87. The summed E-state index contributed by atoms with van der Waals surface area (Å²) in [6.45, 7) is 4.17. The van der Waals surface area contributed by atoms with Gasteiger partial charge in [0.05, 0.1) is 11.9 Å². The average molecular weight is 266 g/mol. The first kappa shape index (κ1) is 12.6. The number of rotatable bonds is 0. The maximum atomic E-state index is 12.1. The molecule has 1 aliphatic rings. The van der Waals surface area contributed by atoms with Gasteiger partial charge >= 0.3 is 0 Å². The third-order valence-corrected chi connectivity index (χ3v) is 3.31. The second-order valence-corrected chi connectivity index (χ2v) is 5.75. The van der Waals surface area contributed by atoms with Crippen LogP contribution in [0.3, 0.4) is 0 Å². The number of fused-ring (bicyclic) bond motifs is 1. The highest BCUT2D eigenvalue weighted by Crippen LogP contribution is 2.33. The molecule has 0 amide bonds. The van der Waals surface area contributed by atoms with Crippen molar-refractivity contribution in [2.75, 3.05) is 0 Å². The summed E-state index contributed by atoms with van der Waals surface area (Å²) < 4.78 is 5.05. The Bertz CT molecular complexity index is 719. The summed E-state index contributed by atoms with van der Waals surface area (Å²) in [5, 5.41) is 0. The van der Waals surface area contributed by atoms with Crippen LogP contribution in [-0.4, -0.2) is 15.8 Å². The molecule has 3 rings (SSSR count). The van der Waals surface area contributed by atoms with Crippen LogP contribution in [-0.2, 0) is 6.42 Å². The molecule has 0 N–H and O–H groups in total. The van der Waals surface area contributed by atoms with E-state index < -0.39 is 0 Å². The van der Waals surface area contributed by atoms with Crippen LogP contribution in [0.5, 0.6) is 0 Å². The largest absolute Gasteiger partial charge is 0.435 e. The maximum absolute atomic E-state index is 12.1. The van der Waals surface area contributed by atoms with E-state index in [0.717, 1.165) is 17.7 Å². The summed E-state index contributed by atoms with van der Waals surface area (Å²) in [6, 6.07) is 3.60. The summed E-state index contributed by atoms with van der Waals surface area (Å²) in [4.78, 5) is 20.4. The van der Waals surface area contributed by atoms with Gasteiger partial charge in [0.15, 0.2) is 17.9 Å². The minimum Gasteiger partial charge on any atom is -0.435 e. The minimum atomic E-state index is -0.0337. The first-order chi connectivity index (χ1) is 9.53. The fourth-order valence-electron chi connectivity index (χ4n) is 2.41. The molecule has 0 aromatic carbocycles. The van der Waals surface area contributed by atoms with Crippen LogP contribution in [0.15, 0.2) is 29.1 Å². The van der Waals surface area contributed by atoms with E-state index in [-0.39, 0.29) is 11.2 Å². The molecule has 0 fully saturated rings. The van der Waals surface area contributed by atoms with Crippen LogP contribution >= 0.6 is 0 Å². The monoisotopic (exact) mass is 266 g/mol. The molecule has 4 heteroatoms. The van der Waals surface area contributed by atoms with Crippen LogP contribution in [0.2, 0.25) is 0 Å². The zero-order valence-corrected chi connectivity index (χ0v) is 11.4. The van der Waals surface area contributed by atoms with E-state index in [1.54, 1.807) is 12.3 Å². The zero-order chi connectivity index (χ0) is 14.2. The Morgan fingerprint density at radius 3 is 2.85 bits per heavy atom. The number of oxazole rings is 1. The lowest BCUT2D eigenvalue weighted by Gasteiger charge is -2.29. The molecule has 0 radical (unpaired) electrons. The van der Waals surface area contributed by atoms with Gasteiger partial charge in [-0.05, 0) is 35.8 Å². The Kier molecular flexibility index (Phi) is 2.90. The van der Waals surface area contributed by atoms with Gasteiger partial charge in [-0.2, -0.15) is 0 Å². The number of carbonyl (C=O) groups is 1. The fraction of sp³-hybridized carbons (Fsp3) is 0.312. The highest BCUT2D eigenvalue weighted by atomic mass is 16.3. The fourth-order valence-corrected chi connectivity index (χ4v) is 2.41. The molecule has 0 aliphatic heterocycles. The lowest BCUT2D eigenvalue weighted by molar-refractivity contribution is 0.0910. The first-order valence-electron chi connectivity index (χ1n) is 6.47. The van der Waals surface area contributed by atoms with E-state index in [2.05, 4.69) is 35.7 Å². The molecule has 4 nitrogen and oxygen atoms in total. The number of nitrogens with zero attached hydrogens (tertiary/aromatic N) is 2. The van der Waals surface area contributed by atoms with Crippen molar-refractivity contribution in [2.24, 2.45) is 5.41 Å². The molecule has 1 aliphatic carbocycles. The number of Topliss-reactive ketones (excluding diaryl/α,β-unsaturated/α-hetero) is 1. The Hall–Kier alpha value is -2.41. The van der Waals surface area contributed by atoms with Gasteiger partial charge in [0.1, 0.15) is 5.69 Å². The SMILES string of the molecule is CC1(C)CC(=O)c2ccc(C#Cc3cnco3)nc2C1. The van der Waals surface area contributed by atoms with Crippen LogP contribution in [0.25, 0.3) is 0 Å². The van der Waals surface area contributed by atoms with Crippen molar-refractivity contribution in [3.63, 3.8) is 0 Å². The van der Waals surface area contributed by atoms with Gasteiger partial charge in [-0.25, -0.2) is 9.97 Å². The standard InChI is InChI=1S/C16H14N2O2/c1-16(2)7-14-13(15(19)8-16)6-4-11(18-14)3-5-12-9-17-10-20-12/h4,6,9-10H,7-8H2,1-2H3. The van der Waals surface area contributed by atoms with Crippen LogP contribution in [0, 0.1) is 17.3 Å². The summed E-state index contributed by atoms with van der Waals surface area (Å²) in [5.74, 6) is 6.45. The molecule has 20 heavy (non-hydrogen) atoms. The number of ketones is 1. The normalized spacial score (nSPS) is 16.2. The van der Waals surface area contributed by atoms with Crippen molar-refractivity contribution in [3.05, 3.63) is 47.4 Å². The van der Waals surface area contributed by atoms with Crippen molar-refractivity contribution < 1.29 is 9.21 Å². The Morgan fingerprint density at radius 1 is 1.25 bits per heavy atom. The van der Waals surface area contributed by atoms with Crippen molar-refractivity contribution in [2.45, 2.75) is 26.7 Å². The van der Waals surface area contributed by atoms with Gasteiger partial charge in [0.2, 0.25) is 0 Å². The zero-order valence-electron chi connectivity index (χ0n) is 11.4. The molecule has 0 saturated heterocycles. The number of aromatic nitrogens is 2. The highest BCUT2D eigenvalue weighted by Gasteiger charge is 2.31. The third-order valence-electron chi connectivity index (χ3n) is 3.31. The molecule has 0 bridgehead atoms. The van der Waals surface area contributed by atoms with E-state index >= 15 is 0 Å². The van der Waals surface area contributed by atoms with E-state index in [1.807, 2.05) is 6.07 Å². The quantitative estimate of drug-likeness (QED) is 0.688. The van der Waals surface area contributed by atoms with Crippen molar-refractivity contribution in [1.29, 1.82) is 0 Å². The number of hydrogen-bond donors (Lipinski definition) is 0. The summed E-state index contributed by atoms with van der Waals surface area (Å²) in [5.41, 5.74) is 2.18. The summed E-state index contributed by atoms with van der Waals surface area (Å²) in [7, 11) is 0. The van der Waals surface area contributed by atoms with Crippen LogP contribution < -0.4 is 0 Å². The van der Waals surface area contributed by atoms with Gasteiger partial charge in [0.25, 0.3) is 0 Å². The summed E-state index contributed by atoms with van der Waals surface area (Å²) >= 11 is 0. The molecular weight excluding hydrogens is 252 g/mol.